The molecule has 7 nitrogen and oxygen atoms in total. The second kappa shape index (κ2) is 8.57. The van der Waals surface area contributed by atoms with Crippen LogP contribution in [0, 0.1) is 0 Å². The van der Waals surface area contributed by atoms with E-state index in [-0.39, 0.29) is 35.5 Å². The molecule has 156 valence electrons. The van der Waals surface area contributed by atoms with Crippen LogP contribution < -0.4 is 10.1 Å². The van der Waals surface area contributed by atoms with Crippen molar-refractivity contribution in [3.8, 4) is 11.5 Å². The lowest BCUT2D eigenvalue weighted by Crippen LogP contribution is -2.38. The quantitative estimate of drug-likeness (QED) is 0.742. The van der Waals surface area contributed by atoms with E-state index in [1.54, 1.807) is 30.3 Å². The number of ether oxygens (including phenoxy) is 1. The summed E-state index contributed by atoms with van der Waals surface area (Å²) in [6.45, 7) is 1.54. The number of ketones is 1. The van der Waals surface area contributed by atoms with Gasteiger partial charge >= 0.3 is 0 Å². The standard InChI is InChI=1S/C23H24N2O5/c26-20-13-19-16(6-9-21(27)24-19)12-18(20)23(29)15-4-7-17(8-5-15)30-14-22(28)25-10-2-1-3-11-25/h4-5,7-8,12-13,26H,1-3,6,9-11,14H2,(H,24,27). The molecule has 2 aliphatic heterocycles. The topological polar surface area (TPSA) is 95.9 Å². The number of benzene rings is 2. The highest BCUT2D eigenvalue weighted by molar-refractivity contribution is 6.11. The Morgan fingerprint density at radius 1 is 1.03 bits per heavy atom. The van der Waals surface area contributed by atoms with Gasteiger partial charge in [0.15, 0.2) is 12.4 Å². The SMILES string of the molecule is O=C1CCc2cc(C(=O)c3ccc(OCC(=O)N4CCCCC4)cc3)c(O)cc2N1. The highest BCUT2D eigenvalue weighted by Crippen LogP contribution is 2.31. The first kappa shape index (κ1) is 19.9. The molecule has 30 heavy (non-hydrogen) atoms. The van der Waals surface area contributed by atoms with Crippen molar-refractivity contribution in [2.75, 3.05) is 25.0 Å². The molecule has 0 aromatic heterocycles. The van der Waals surface area contributed by atoms with Gasteiger partial charge in [0.2, 0.25) is 5.91 Å². The molecule has 0 atom stereocenters. The molecule has 0 radical (unpaired) electrons. The molecule has 1 saturated heterocycles. The van der Waals surface area contributed by atoms with Crippen LogP contribution in [0.15, 0.2) is 36.4 Å². The molecule has 2 N–H and O–H groups in total. The van der Waals surface area contributed by atoms with Gasteiger partial charge in [-0.15, -0.1) is 0 Å². The number of rotatable bonds is 5. The molecule has 4 rings (SSSR count). The third-order valence-corrected chi connectivity index (χ3v) is 5.55. The molecular weight excluding hydrogens is 384 g/mol. The minimum atomic E-state index is -0.317. The zero-order valence-corrected chi connectivity index (χ0v) is 16.6. The fourth-order valence-electron chi connectivity index (χ4n) is 3.84. The molecule has 1 fully saturated rings. The Morgan fingerprint density at radius 2 is 1.77 bits per heavy atom. The second-order valence-corrected chi connectivity index (χ2v) is 7.66. The first-order chi connectivity index (χ1) is 14.5. The Hall–Kier alpha value is -3.35. The Bertz CT molecular complexity index is 978. The van der Waals surface area contributed by atoms with Gasteiger partial charge in [0.05, 0.1) is 5.56 Å². The summed E-state index contributed by atoms with van der Waals surface area (Å²) in [5.74, 6) is -0.109. The highest BCUT2D eigenvalue weighted by Gasteiger charge is 2.21. The van der Waals surface area contributed by atoms with Gasteiger partial charge in [-0.05, 0) is 61.6 Å². The lowest BCUT2D eigenvalue weighted by molar-refractivity contribution is -0.134. The van der Waals surface area contributed by atoms with Crippen LogP contribution in [0.5, 0.6) is 11.5 Å². The zero-order valence-electron chi connectivity index (χ0n) is 16.6. The van der Waals surface area contributed by atoms with E-state index in [0.717, 1.165) is 37.9 Å². The van der Waals surface area contributed by atoms with Crippen molar-refractivity contribution < 1.29 is 24.2 Å². The second-order valence-electron chi connectivity index (χ2n) is 7.66. The van der Waals surface area contributed by atoms with Gasteiger partial charge in [0.25, 0.3) is 5.91 Å². The Balaban J connectivity index is 1.42. The van der Waals surface area contributed by atoms with E-state index in [2.05, 4.69) is 5.32 Å². The maximum absolute atomic E-state index is 12.9. The molecular formula is C23H24N2O5. The molecule has 0 unspecified atom stereocenters. The number of aryl methyl sites for hydroxylation is 1. The van der Waals surface area contributed by atoms with Gasteiger partial charge in [-0.1, -0.05) is 0 Å². The number of likely N-dealkylation sites (tertiary alicyclic amines) is 1. The lowest BCUT2D eigenvalue weighted by Gasteiger charge is -2.26. The van der Waals surface area contributed by atoms with Crippen molar-refractivity contribution in [3.63, 3.8) is 0 Å². The number of anilines is 1. The molecule has 2 amide bonds. The maximum Gasteiger partial charge on any atom is 0.260 e. The largest absolute Gasteiger partial charge is 0.507 e. The van der Waals surface area contributed by atoms with Gasteiger partial charge in [-0.3, -0.25) is 14.4 Å². The van der Waals surface area contributed by atoms with Crippen LogP contribution in [0.3, 0.4) is 0 Å². The molecule has 0 bridgehead atoms. The van der Waals surface area contributed by atoms with Crippen LogP contribution in [0.25, 0.3) is 0 Å². The number of carbonyl (C=O) groups excluding carboxylic acids is 3. The summed E-state index contributed by atoms with van der Waals surface area (Å²) in [6, 6.07) is 9.57. The van der Waals surface area contributed by atoms with Crippen LogP contribution >= 0.6 is 0 Å². The number of amides is 2. The third-order valence-electron chi connectivity index (χ3n) is 5.55. The van der Waals surface area contributed by atoms with Crippen LogP contribution in [0.1, 0.15) is 47.2 Å². The first-order valence-electron chi connectivity index (χ1n) is 10.2. The van der Waals surface area contributed by atoms with E-state index in [9.17, 15) is 19.5 Å². The normalized spacial score (nSPS) is 15.9. The summed E-state index contributed by atoms with van der Waals surface area (Å²) in [7, 11) is 0. The summed E-state index contributed by atoms with van der Waals surface area (Å²) in [5.41, 5.74) is 1.97. The Morgan fingerprint density at radius 3 is 2.50 bits per heavy atom. The van der Waals surface area contributed by atoms with Crippen molar-refractivity contribution in [1.29, 1.82) is 0 Å². The number of fused-ring (bicyclic) bond motifs is 1. The minimum Gasteiger partial charge on any atom is -0.507 e. The number of hydrogen-bond donors (Lipinski definition) is 2. The van der Waals surface area contributed by atoms with E-state index < -0.39 is 0 Å². The van der Waals surface area contributed by atoms with Crippen molar-refractivity contribution >= 4 is 23.3 Å². The number of piperidine rings is 1. The molecule has 7 heteroatoms. The molecule has 0 spiro atoms. The van der Waals surface area contributed by atoms with Gasteiger partial charge in [-0.25, -0.2) is 0 Å². The van der Waals surface area contributed by atoms with Gasteiger partial charge in [-0.2, -0.15) is 0 Å². The molecule has 0 saturated carbocycles. The minimum absolute atomic E-state index is 0.0232. The van der Waals surface area contributed by atoms with Crippen LogP contribution in [0.2, 0.25) is 0 Å². The average molecular weight is 408 g/mol. The fourth-order valence-corrected chi connectivity index (χ4v) is 3.84. The Kier molecular flexibility index (Phi) is 5.70. The molecule has 2 aromatic carbocycles. The number of carbonyl (C=O) groups is 3. The number of nitrogens with one attached hydrogen (secondary N) is 1. The number of nitrogens with zero attached hydrogens (tertiary/aromatic N) is 1. The molecule has 0 aliphatic carbocycles. The van der Waals surface area contributed by atoms with Crippen molar-refractivity contribution in [1.82, 2.24) is 4.90 Å². The third kappa shape index (κ3) is 4.30. The monoisotopic (exact) mass is 408 g/mol. The van der Waals surface area contributed by atoms with Gasteiger partial charge in [0.1, 0.15) is 11.5 Å². The molecule has 2 aliphatic rings. The van der Waals surface area contributed by atoms with Crippen molar-refractivity contribution in [2.24, 2.45) is 0 Å². The summed E-state index contributed by atoms with van der Waals surface area (Å²) in [4.78, 5) is 38.4. The number of phenols is 1. The number of hydrogen-bond acceptors (Lipinski definition) is 5. The predicted octanol–water partition coefficient (Wildman–Crippen LogP) is 2.90. The first-order valence-corrected chi connectivity index (χ1v) is 10.2. The van der Waals surface area contributed by atoms with Crippen molar-refractivity contribution in [3.05, 3.63) is 53.1 Å². The fraction of sp³-hybridized carbons (Fsp3) is 0.348. The number of phenolic OH excluding ortho intramolecular Hbond substituents is 1. The number of aromatic hydroxyl groups is 1. The van der Waals surface area contributed by atoms with Gasteiger partial charge < -0.3 is 20.1 Å². The summed E-state index contributed by atoms with van der Waals surface area (Å²) >= 11 is 0. The molecule has 2 heterocycles. The van der Waals surface area contributed by atoms with E-state index in [1.807, 2.05) is 4.90 Å². The van der Waals surface area contributed by atoms with Crippen LogP contribution in [-0.4, -0.2) is 47.3 Å². The lowest BCUT2D eigenvalue weighted by atomic mass is 9.95. The summed E-state index contributed by atoms with van der Waals surface area (Å²) < 4.78 is 5.58. The van der Waals surface area contributed by atoms with E-state index in [4.69, 9.17) is 4.74 Å². The summed E-state index contributed by atoms with van der Waals surface area (Å²) in [5, 5.41) is 13.0. The van der Waals surface area contributed by atoms with E-state index in [1.165, 1.54) is 6.07 Å². The van der Waals surface area contributed by atoms with Crippen LogP contribution in [-0.2, 0) is 16.0 Å². The zero-order chi connectivity index (χ0) is 21.1. The highest BCUT2D eigenvalue weighted by atomic mass is 16.5. The maximum atomic E-state index is 12.9. The van der Waals surface area contributed by atoms with E-state index in [0.29, 0.717) is 29.8 Å². The van der Waals surface area contributed by atoms with Crippen LogP contribution in [0.4, 0.5) is 5.69 Å². The van der Waals surface area contributed by atoms with Crippen molar-refractivity contribution in [2.45, 2.75) is 32.1 Å². The average Bonchev–Trinajstić information content (AvgIpc) is 2.77. The van der Waals surface area contributed by atoms with E-state index >= 15 is 0 Å². The smallest absolute Gasteiger partial charge is 0.260 e. The summed E-state index contributed by atoms with van der Waals surface area (Å²) in [6.07, 6.45) is 4.11. The predicted molar refractivity (Wildman–Crippen MR) is 111 cm³/mol. The molecule has 2 aromatic rings. The Labute approximate surface area is 174 Å². The van der Waals surface area contributed by atoms with Gasteiger partial charge in [0, 0.05) is 36.8 Å².